The Bertz CT molecular complexity index is 346. The van der Waals surface area contributed by atoms with Crippen LogP contribution in [0.15, 0.2) is 12.5 Å². The Morgan fingerprint density at radius 1 is 1.60 bits per heavy atom. The minimum Gasteiger partial charge on any atom is -0.337 e. The van der Waals surface area contributed by atoms with E-state index in [-0.39, 0.29) is 5.41 Å². The molecule has 4 heteroatoms. The van der Waals surface area contributed by atoms with Gasteiger partial charge in [-0.3, -0.25) is 0 Å². The largest absolute Gasteiger partial charge is 0.337 e. The Balaban J connectivity index is 2.48. The van der Waals surface area contributed by atoms with Crippen LogP contribution in [-0.2, 0) is 13.0 Å². The lowest BCUT2D eigenvalue weighted by Gasteiger charge is -2.14. The second kappa shape index (κ2) is 4.94. The number of aromatic nitrogens is 2. The van der Waals surface area contributed by atoms with Gasteiger partial charge in [-0.2, -0.15) is 5.26 Å². The third-order valence-electron chi connectivity index (χ3n) is 2.38. The molecule has 0 amide bonds. The molecule has 0 saturated carbocycles. The zero-order valence-electron chi connectivity index (χ0n) is 9.40. The van der Waals surface area contributed by atoms with Gasteiger partial charge in [-0.25, -0.2) is 4.98 Å². The molecule has 4 nitrogen and oxygen atoms in total. The van der Waals surface area contributed by atoms with Gasteiger partial charge in [0.15, 0.2) is 0 Å². The third kappa shape index (κ3) is 3.72. The summed E-state index contributed by atoms with van der Waals surface area (Å²) in [5.74, 6) is 0. The first kappa shape index (κ1) is 11.7. The van der Waals surface area contributed by atoms with E-state index in [1.165, 1.54) is 0 Å². The van der Waals surface area contributed by atoms with Crippen molar-refractivity contribution in [2.75, 3.05) is 6.54 Å². The average molecular weight is 206 g/mol. The van der Waals surface area contributed by atoms with Gasteiger partial charge in [0.2, 0.25) is 0 Å². The first-order valence-corrected chi connectivity index (χ1v) is 5.19. The van der Waals surface area contributed by atoms with E-state index in [0.29, 0.717) is 6.54 Å². The van der Waals surface area contributed by atoms with E-state index >= 15 is 0 Å². The lowest BCUT2D eigenvalue weighted by atomic mass is 9.91. The number of aryl methyl sites for hydroxylation is 1. The van der Waals surface area contributed by atoms with Crippen molar-refractivity contribution in [2.45, 2.75) is 33.2 Å². The second-order valence-corrected chi connectivity index (χ2v) is 4.39. The van der Waals surface area contributed by atoms with Crippen LogP contribution < -0.4 is 5.73 Å². The van der Waals surface area contributed by atoms with Crippen LogP contribution in [0.25, 0.3) is 0 Å². The van der Waals surface area contributed by atoms with Crippen LogP contribution in [0.2, 0.25) is 0 Å². The molecule has 0 atom stereocenters. The number of nitrogens with zero attached hydrogens (tertiary/aromatic N) is 3. The van der Waals surface area contributed by atoms with E-state index < -0.39 is 0 Å². The van der Waals surface area contributed by atoms with Crippen molar-refractivity contribution in [3.05, 3.63) is 18.2 Å². The zero-order valence-corrected chi connectivity index (χ0v) is 9.40. The fourth-order valence-corrected chi connectivity index (χ4v) is 1.27. The smallest absolute Gasteiger partial charge is 0.0949 e. The molecule has 0 aliphatic rings. The van der Waals surface area contributed by atoms with Gasteiger partial charge in [-0.05, 0) is 26.8 Å². The van der Waals surface area contributed by atoms with Crippen molar-refractivity contribution in [1.29, 1.82) is 5.26 Å². The summed E-state index contributed by atoms with van der Waals surface area (Å²) in [5, 5.41) is 8.87. The van der Waals surface area contributed by atoms with Crippen molar-refractivity contribution < 1.29 is 0 Å². The Morgan fingerprint density at radius 2 is 2.33 bits per heavy atom. The van der Waals surface area contributed by atoms with E-state index in [1.54, 1.807) is 6.33 Å². The minimum absolute atomic E-state index is 0.266. The van der Waals surface area contributed by atoms with Crippen molar-refractivity contribution in [1.82, 2.24) is 9.55 Å². The standard InChI is InChI=1S/C11H18N4/c1-11(2,8-13)4-6-15-7-10(3-5-12)14-9-15/h7,9H,3-6,12H2,1-2H3. The number of nitriles is 1. The summed E-state index contributed by atoms with van der Waals surface area (Å²) in [6, 6.07) is 2.29. The van der Waals surface area contributed by atoms with Crippen LogP contribution in [0.1, 0.15) is 26.0 Å². The molecule has 0 bridgehead atoms. The summed E-state index contributed by atoms with van der Waals surface area (Å²) in [7, 11) is 0. The normalized spacial score (nSPS) is 11.3. The number of hydrogen-bond acceptors (Lipinski definition) is 3. The number of nitrogens with two attached hydrogens (primary N) is 1. The topological polar surface area (TPSA) is 67.6 Å². The van der Waals surface area contributed by atoms with E-state index in [2.05, 4.69) is 11.1 Å². The summed E-state index contributed by atoms with van der Waals surface area (Å²) in [6.45, 7) is 5.36. The lowest BCUT2D eigenvalue weighted by Crippen LogP contribution is -2.11. The first-order valence-electron chi connectivity index (χ1n) is 5.19. The maximum Gasteiger partial charge on any atom is 0.0949 e. The third-order valence-corrected chi connectivity index (χ3v) is 2.38. The molecule has 1 rings (SSSR count). The van der Waals surface area contributed by atoms with Crippen LogP contribution in [0.5, 0.6) is 0 Å². The van der Waals surface area contributed by atoms with Gasteiger partial charge in [0, 0.05) is 19.2 Å². The van der Waals surface area contributed by atoms with Crippen LogP contribution in [0.4, 0.5) is 0 Å². The fourth-order valence-electron chi connectivity index (χ4n) is 1.27. The molecule has 0 unspecified atom stereocenters. The molecule has 15 heavy (non-hydrogen) atoms. The molecule has 0 aromatic carbocycles. The van der Waals surface area contributed by atoms with E-state index in [4.69, 9.17) is 11.0 Å². The summed E-state index contributed by atoms with van der Waals surface area (Å²) < 4.78 is 2.02. The number of imidazole rings is 1. The minimum atomic E-state index is -0.266. The highest BCUT2D eigenvalue weighted by Crippen LogP contribution is 2.19. The molecule has 0 spiro atoms. The van der Waals surface area contributed by atoms with Crippen LogP contribution >= 0.6 is 0 Å². The van der Waals surface area contributed by atoms with Crippen LogP contribution in [0, 0.1) is 16.7 Å². The molecule has 0 radical (unpaired) electrons. The van der Waals surface area contributed by atoms with Crippen molar-refractivity contribution in [3.8, 4) is 6.07 Å². The summed E-state index contributed by atoms with van der Waals surface area (Å²) in [5.41, 5.74) is 6.20. The molecule has 1 heterocycles. The monoisotopic (exact) mass is 206 g/mol. The van der Waals surface area contributed by atoms with Gasteiger partial charge >= 0.3 is 0 Å². The fraction of sp³-hybridized carbons (Fsp3) is 0.636. The average Bonchev–Trinajstić information content (AvgIpc) is 2.64. The molecule has 2 N–H and O–H groups in total. The van der Waals surface area contributed by atoms with Crippen molar-refractivity contribution >= 4 is 0 Å². The number of hydrogen-bond donors (Lipinski definition) is 1. The predicted molar refractivity (Wildman–Crippen MR) is 59.0 cm³/mol. The van der Waals surface area contributed by atoms with E-state index in [9.17, 15) is 0 Å². The predicted octanol–water partition coefficient (Wildman–Crippen LogP) is 1.32. The van der Waals surface area contributed by atoms with Gasteiger partial charge in [0.25, 0.3) is 0 Å². The molecule has 0 fully saturated rings. The summed E-state index contributed by atoms with van der Waals surface area (Å²) >= 11 is 0. The molecular formula is C11H18N4. The Morgan fingerprint density at radius 3 is 2.93 bits per heavy atom. The zero-order chi connectivity index (χ0) is 11.3. The second-order valence-electron chi connectivity index (χ2n) is 4.39. The van der Waals surface area contributed by atoms with E-state index in [0.717, 1.165) is 25.1 Å². The lowest BCUT2D eigenvalue weighted by molar-refractivity contribution is 0.413. The van der Waals surface area contributed by atoms with Crippen molar-refractivity contribution in [3.63, 3.8) is 0 Å². The molecule has 1 aromatic rings. The Kier molecular flexibility index (Phi) is 3.87. The molecular weight excluding hydrogens is 188 g/mol. The highest BCUT2D eigenvalue weighted by molar-refractivity contribution is 4.98. The quantitative estimate of drug-likeness (QED) is 0.790. The first-order chi connectivity index (χ1) is 7.07. The van der Waals surface area contributed by atoms with Crippen molar-refractivity contribution in [2.24, 2.45) is 11.1 Å². The van der Waals surface area contributed by atoms with Gasteiger partial charge in [0.1, 0.15) is 0 Å². The summed E-state index contributed by atoms with van der Waals surface area (Å²) in [6.07, 6.45) is 5.45. The van der Waals surface area contributed by atoms with E-state index in [1.807, 2.05) is 24.6 Å². The van der Waals surface area contributed by atoms with Crippen LogP contribution in [0.3, 0.4) is 0 Å². The SMILES string of the molecule is CC(C)(C#N)CCn1cnc(CCN)c1. The van der Waals surface area contributed by atoms with Crippen LogP contribution in [-0.4, -0.2) is 16.1 Å². The summed E-state index contributed by atoms with van der Waals surface area (Å²) in [4.78, 5) is 4.23. The molecule has 0 aliphatic heterocycles. The Hall–Kier alpha value is -1.34. The highest BCUT2D eigenvalue weighted by atomic mass is 15.0. The molecule has 1 aromatic heterocycles. The maximum absolute atomic E-state index is 8.87. The van der Waals surface area contributed by atoms with Gasteiger partial charge < -0.3 is 10.3 Å². The van der Waals surface area contributed by atoms with Gasteiger partial charge in [-0.15, -0.1) is 0 Å². The van der Waals surface area contributed by atoms with Gasteiger partial charge in [-0.1, -0.05) is 0 Å². The maximum atomic E-state index is 8.87. The highest BCUT2D eigenvalue weighted by Gasteiger charge is 2.16. The molecule has 0 aliphatic carbocycles. The van der Waals surface area contributed by atoms with Gasteiger partial charge in [0.05, 0.1) is 23.5 Å². The molecule has 82 valence electrons. The molecule has 0 saturated heterocycles. The Labute approximate surface area is 90.7 Å². The number of rotatable bonds is 5.